The van der Waals surface area contributed by atoms with Crippen LogP contribution in [0.5, 0.6) is 0 Å². The Labute approximate surface area is 146 Å². The fourth-order valence-corrected chi connectivity index (χ4v) is 3.66. The number of nitrogens with zero attached hydrogens (tertiary/aromatic N) is 3. The van der Waals surface area contributed by atoms with Gasteiger partial charge >= 0.3 is 0 Å². The molecule has 24 heavy (non-hydrogen) atoms. The fraction of sp³-hybridized carbons (Fsp3) is 0.842. The minimum absolute atomic E-state index is 0.146. The Kier molecular flexibility index (Phi) is 6.05. The van der Waals surface area contributed by atoms with Crippen LogP contribution in [0, 0.1) is 5.92 Å². The van der Waals surface area contributed by atoms with E-state index in [-0.39, 0.29) is 17.9 Å². The van der Waals surface area contributed by atoms with E-state index in [0.29, 0.717) is 38.3 Å². The van der Waals surface area contributed by atoms with Gasteiger partial charge in [0.1, 0.15) is 11.4 Å². The summed E-state index contributed by atoms with van der Waals surface area (Å²) in [4.78, 5) is 34.1. The van der Waals surface area contributed by atoms with E-state index in [2.05, 4.69) is 34.6 Å². The number of carbonyl (C=O) groups excluding carboxylic acids is 2. The monoisotopic (exact) mass is 335 g/mol. The highest BCUT2D eigenvalue weighted by molar-refractivity contribution is 6.08. The number of unbranched alkanes of at least 4 members (excludes halogenated alkanes) is 1. The fourth-order valence-electron chi connectivity index (χ4n) is 3.66. The number of rotatable bonds is 6. The van der Waals surface area contributed by atoms with E-state index >= 15 is 0 Å². The molecule has 0 unspecified atom stereocenters. The van der Waals surface area contributed by atoms with Crippen LogP contribution in [-0.4, -0.2) is 52.1 Å². The molecule has 0 aromatic rings. The molecule has 0 bridgehead atoms. The predicted octanol–water partition coefficient (Wildman–Crippen LogP) is 3.23. The van der Waals surface area contributed by atoms with Crippen molar-refractivity contribution in [3.8, 4) is 0 Å². The van der Waals surface area contributed by atoms with Gasteiger partial charge in [-0.1, -0.05) is 27.2 Å². The lowest BCUT2D eigenvalue weighted by molar-refractivity contribution is -0.139. The smallest absolute Gasteiger partial charge is 0.256 e. The number of piperidine rings is 1. The summed E-state index contributed by atoms with van der Waals surface area (Å²) in [6.45, 7) is 11.7. The third-order valence-electron chi connectivity index (χ3n) is 5.03. The summed E-state index contributed by atoms with van der Waals surface area (Å²) in [6.07, 6.45) is 4.94. The zero-order valence-corrected chi connectivity index (χ0v) is 16.0. The van der Waals surface area contributed by atoms with Crippen molar-refractivity contribution >= 4 is 17.6 Å². The lowest BCUT2D eigenvalue weighted by Gasteiger charge is -2.37. The van der Waals surface area contributed by atoms with Gasteiger partial charge in [-0.3, -0.25) is 19.5 Å². The van der Waals surface area contributed by atoms with Gasteiger partial charge in [-0.2, -0.15) is 0 Å². The van der Waals surface area contributed by atoms with Crippen LogP contribution in [0.1, 0.15) is 73.1 Å². The van der Waals surface area contributed by atoms with Crippen LogP contribution >= 0.6 is 0 Å². The number of aliphatic imine (C=N–C) groups is 1. The summed E-state index contributed by atoms with van der Waals surface area (Å²) in [6, 6.07) is 0.146. The third kappa shape index (κ3) is 3.81. The van der Waals surface area contributed by atoms with Crippen molar-refractivity contribution in [3.63, 3.8) is 0 Å². The first-order valence-corrected chi connectivity index (χ1v) is 9.51. The molecule has 5 nitrogen and oxygen atoms in total. The number of hydrogen-bond donors (Lipinski definition) is 0. The minimum Gasteiger partial charge on any atom is -0.342 e. The molecule has 0 aromatic carbocycles. The van der Waals surface area contributed by atoms with Crippen molar-refractivity contribution in [1.29, 1.82) is 0 Å². The summed E-state index contributed by atoms with van der Waals surface area (Å²) >= 11 is 0. The number of amides is 2. The zero-order valence-electron chi connectivity index (χ0n) is 16.0. The highest BCUT2D eigenvalue weighted by Crippen LogP contribution is 2.35. The summed E-state index contributed by atoms with van der Waals surface area (Å²) in [5.74, 6) is 1.69. The largest absolute Gasteiger partial charge is 0.342 e. The zero-order chi connectivity index (χ0) is 17.9. The highest BCUT2D eigenvalue weighted by Gasteiger charge is 2.50. The van der Waals surface area contributed by atoms with E-state index in [1.165, 1.54) is 0 Å². The summed E-state index contributed by atoms with van der Waals surface area (Å²) in [5, 5.41) is 0. The van der Waals surface area contributed by atoms with E-state index < -0.39 is 5.54 Å². The molecule has 0 aliphatic carbocycles. The molecule has 0 saturated carbocycles. The number of hydrogen-bond acceptors (Lipinski definition) is 3. The van der Waals surface area contributed by atoms with Crippen molar-refractivity contribution in [2.24, 2.45) is 10.9 Å². The molecule has 1 fully saturated rings. The van der Waals surface area contributed by atoms with Crippen LogP contribution in [-0.2, 0) is 9.59 Å². The molecular formula is C19H33N3O2. The van der Waals surface area contributed by atoms with Gasteiger partial charge in [0, 0.05) is 32.0 Å². The van der Waals surface area contributed by atoms with E-state index in [9.17, 15) is 9.59 Å². The van der Waals surface area contributed by atoms with Gasteiger partial charge in [0.25, 0.3) is 5.91 Å². The lowest BCUT2D eigenvalue weighted by Crippen LogP contribution is -2.52. The molecule has 1 saturated heterocycles. The van der Waals surface area contributed by atoms with Crippen LogP contribution in [0.3, 0.4) is 0 Å². The van der Waals surface area contributed by atoms with Crippen LogP contribution < -0.4 is 0 Å². The van der Waals surface area contributed by atoms with Crippen LogP contribution in [0.2, 0.25) is 0 Å². The Morgan fingerprint density at radius 1 is 1.21 bits per heavy atom. The predicted molar refractivity (Wildman–Crippen MR) is 96.9 cm³/mol. The van der Waals surface area contributed by atoms with Gasteiger partial charge in [-0.25, -0.2) is 0 Å². The van der Waals surface area contributed by atoms with Crippen molar-refractivity contribution in [1.82, 2.24) is 9.80 Å². The van der Waals surface area contributed by atoms with Crippen molar-refractivity contribution in [3.05, 3.63) is 0 Å². The van der Waals surface area contributed by atoms with Crippen LogP contribution in [0.15, 0.2) is 4.99 Å². The lowest BCUT2D eigenvalue weighted by atomic mass is 9.87. The summed E-state index contributed by atoms with van der Waals surface area (Å²) in [7, 11) is 0. The molecule has 2 heterocycles. The van der Waals surface area contributed by atoms with E-state index in [1.807, 2.05) is 9.80 Å². The Hall–Kier alpha value is -1.39. The Balaban J connectivity index is 2.09. The van der Waals surface area contributed by atoms with Crippen molar-refractivity contribution < 1.29 is 9.59 Å². The van der Waals surface area contributed by atoms with Gasteiger partial charge in [0.15, 0.2) is 0 Å². The van der Waals surface area contributed by atoms with Crippen LogP contribution in [0.25, 0.3) is 0 Å². The van der Waals surface area contributed by atoms with Gasteiger partial charge in [-0.15, -0.1) is 0 Å². The minimum atomic E-state index is -0.609. The quantitative estimate of drug-likeness (QED) is 0.748. The molecule has 5 heteroatoms. The number of likely N-dealkylation sites (tertiary alicyclic amines) is 1. The Morgan fingerprint density at radius 2 is 1.83 bits per heavy atom. The standard InChI is InChI=1S/C19H33N3O2/c1-6-7-8-16-20-19(18(24)22(16)15(4)5)9-11-21(12-10-19)17(23)13-14(2)3/h14-15H,6-13H2,1-5H3. The summed E-state index contributed by atoms with van der Waals surface area (Å²) in [5.41, 5.74) is -0.609. The summed E-state index contributed by atoms with van der Waals surface area (Å²) < 4.78 is 0. The molecular weight excluding hydrogens is 302 g/mol. The van der Waals surface area contributed by atoms with Gasteiger partial charge in [0.05, 0.1) is 0 Å². The average Bonchev–Trinajstić information content (AvgIpc) is 2.77. The second kappa shape index (κ2) is 7.66. The normalized spacial score (nSPS) is 20.5. The molecule has 1 spiro atoms. The molecule has 2 aliphatic heterocycles. The highest BCUT2D eigenvalue weighted by atomic mass is 16.2. The SMILES string of the molecule is CCCCC1=NC2(CCN(C(=O)CC(C)C)CC2)C(=O)N1C(C)C. The Morgan fingerprint density at radius 3 is 2.33 bits per heavy atom. The third-order valence-corrected chi connectivity index (χ3v) is 5.03. The average molecular weight is 335 g/mol. The van der Waals surface area contributed by atoms with Crippen molar-refractivity contribution in [2.45, 2.75) is 84.7 Å². The molecule has 2 aliphatic rings. The molecule has 0 radical (unpaired) electrons. The Bertz CT molecular complexity index is 503. The first-order valence-electron chi connectivity index (χ1n) is 9.51. The first kappa shape index (κ1) is 18.9. The number of carbonyl (C=O) groups is 2. The van der Waals surface area contributed by atoms with Gasteiger partial charge in [0.2, 0.25) is 5.91 Å². The topological polar surface area (TPSA) is 53.0 Å². The van der Waals surface area contributed by atoms with Gasteiger partial charge < -0.3 is 4.90 Å². The maximum absolute atomic E-state index is 13.1. The first-order chi connectivity index (χ1) is 11.3. The van der Waals surface area contributed by atoms with Crippen LogP contribution in [0.4, 0.5) is 0 Å². The maximum atomic E-state index is 13.1. The molecule has 2 amide bonds. The van der Waals surface area contributed by atoms with E-state index in [0.717, 1.165) is 25.1 Å². The molecule has 2 rings (SSSR count). The second-order valence-corrected chi connectivity index (χ2v) is 7.91. The molecule has 0 N–H and O–H groups in total. The molecule has 136 valence electrons. The number of amidine groups is 1. The van der Waals surface area contributed by atoms with E-state index in [1.54, 1.807) is 0 Å². The maximum Gasteiger partial charge on any atom is 0.256 e. The second-order valence-electron chi connectivity index (χ2n) is 7.91. The van der Waals surface area contributed by atoms with E-state index in [4.69, 9.17) is 4.99 Å². The molecule has 0 aromatic heterocycles. The van der Waals surface area contributed by atoms with Gasteiger partial charge in [-0.05, 0) is 39.0 Å². The van der Waals surface area contributed by atoms with Crippen molar-refractivity contribution in [2.75, 3.05) is 13.1 Å². The molecule has 0 atom stereocenters.